The monoisotopic (exact) mass is 462 g/mol. The summed E-state index contributed by atoms with van der Waals surface area (Å²) in [6.45, 7) is 0.282. The van der Waals surface area contributed by atoms with Gasteiger partial charge in [-0.1, -0.05) is 53.0 Å². The number of hydrogen-bond donors (Lipinski definition) is 1. The number of benzene rings is 3. The van der Waals surface area contributed by atoms with Crippen molar-refractivity contribution in [2.45, 2.75) is 6.61 Å². The summed E-state index contributed by atoms with van der Waals surface area (Å²) in [4.78, 5) is 12.2. The van der Waals surface area contributed by atoms with Gasteiger partial charge in [-0.25, -0.2) is 5.43 Å². The molecular weight excluding hydrogens is 447 g/mol. The SMILES string of the molecule is COc1ccc(/C=N\NC(=O)c2ccc(Cl)c(Cl)c2)cc1OCc1ccccc1Cl. The van der Waals surface area contributed by atoms with E-state index in [2.05, 4.69) is 10.5 Å². The Labute approximate surface area is 189 Å². The first-order valence-electron chi connectivity index (χ1n) is 8.80. The molecule has 0 unspecified atom stereocenters. The van der Waals surface area contributed by atoms with Gasteiger partial charge in [-0.15, -0.1) is 0 Å². The molecule has 3 aromatic carbocycles. The van der Waals surface area contributed by atoms with Gasteiger partial charge in [0, 0.05) is 16.1 Å². The Morgan fingerprint density at radius 1 is 0.967 bits per heavy atom. The summed E-state index contributed by atoms with van der Waals surface area (Å²) in [5, 5.41) is 5.27. The van der Waals surface area contributed by atoms with Crippen LogP contribution < -0.4 is 14.9 Å². The Morgan fingerprint density at radius 3 is 2.50 bits per heavy atom. The van der Waals surface area contributed by atoms with E-state index in [1.165, 1.54) is 12.3 Å². The van der Waals surface area contributed by atoms with Crippen LogP contribution in [0.1, 0.15) is 21.5 Å². The number of rotatable bonds is 7. The van der Waals surface area contributed by atoms with Gasteiger partial charge in [0.05, 0.1) is 23.4 Å². The number of amides is 1. The molecule has 0 aliphatic heterocycles. The zero-order valence-corrected chi connectivity index (χ0v) is 18.1. The Kier molecular flexibility index (Phi) is 7.57. The van der Waals surface area contributed by atoms with Crippen molar-refractivity contribution in [1.29, 1.82) is 0 Å². The number of hydrogen-bond acceptors (Lipinski definition) is 4. The molecule has 0 heterocycles. The number of halogens is 3. The summed E-state index contributed by atoms with van der Waals surface area (Å²) in [5.41, 5.74) is 4.36. The molecule has 0 saturated carbocycles. The normalized spacial score (nSPS) is 10.8. The fourth-order valence-corrected chi connectivity index (χ4v) is 3.01. The van der Waals surface area contributed by atoms with Crippen molar-refractivity contribution in [1.82, 2.24) is 5.43 Å². The highest BCUT2D eigenvalue weighted by atomic mass is 35.5. The van der Waals surface area contributed by atoms with Crippen LogP contribution in [-0.4, -0.2) is 19.2 Å². The first-order valence-corrected chi connectivity index (χ1v) is 9.94. The van der Waals surface area contributed by atoms with E-state index in [0.717, 1.165) is 5.56 Å². The molecule has 3 rings (SSSR count). The standard InChI is InChI=1S/C22H17Cl3N2O3/c1-29-20-9-6-14(10-21(20)30-13-16-4-2-3-5-17(16)23)12-26-27-22(28)15-7-8-18(24)19(25)11-15/h2-12H,13H2,1H3,(H,27,28)/b26-12-. The van der Waals surface area contributed by atoms with Crippen molar-refractivity contribution in [3.8, 4) is 11.5 Å². The molecule has 5 nitrogen and oxygen atoms in total. The fourth-order valence-electron chi connectivity index (χ4n) is 2.52. The van der Waals surface area contributed by atoms with E-state index in [0.29, 0.717) is 37.7 Å². The maximum Gasteiger partial charge on any atom is 0.271 e. The topological polar surface area (TPSA) is 59.9 Å². The molecule has 1 N–H and O–H groups in total. The second-order valence-electron chi connectivity index (χ2n) is 6.12. The Balaban J connectivity index is 1.68. The number of nitrogens with zero attached hydrogens (tertiary/aromatic N) is 1. The second-order valence-corrected chi connectivity index (χ2v) is 7.34. The molecule has 30 heavy (non-hydrogen) atoms. The third-order valence-electron chi connectivity index (χ3n) is 4.09. The third kappa shape index (κ3) is 5.66. The zero-order valence-electron chi connectivity index (χ0n) is 15.9. The Hall–Kier alpha value is -2.73. The van der Waals surface area contributed by atoms with Gasteiger partial charge >= 0.3 is 0 Å². The predicted octanol–water partition coefficient (Wildman–Crippen LogP) is 6.00. The van der Waals surface area contributed by atoms with Crippen LogP contribution in [0.3, 0.4) is 0 Å². The molecule has 8 heteroatoms. The third-order valence-corrected chi connectivity index (χ3v) is 5.20. The van der Waals surface area contributed by atoms with Crippen molar-refractivity contribution in [2.24, 2.45) is 5.10 Å². The number of ether oxygens (including phenoxy) is 2. The maximum atomic E-state index is 12.2. The molecular formula is C22H17Cl3N2O3. The summed E-state index contributed by atoms with van der Waals surface area (Å²) in [7, 11) is 1.56. The van der Waals surface area contributed by atoms with E-state index < -0.39 is 5.91 Å². The summed E-state index contributed by atoms with van der Waals surface area (Å²) < 4.78 is 11.2. The number of nitrogens with one attached hydrogen (secondary N) is 1. The van der Waals surface area contributed by atoms with Crippen LogP contribution in [0.4, 0.5) is 0 Å². The Bertz CT molecular complexity index is 1090. The fraction of sp³-hybridized carbons (Fsp3) is 0.0909. The molecule has 0 aliphatic rings. The lowest BCUT2D eigenvalue weighted by Gasteiger charge is -2.12. The molecule has 1 amide bonds. The van der Waals surface area contributed by atoms with Crippen molar-refractivity contribution >= 4 is 46.9 Å². The van der Waals surface area contributed by atoms with Crippen LogP contribution in [0.2, 0.25) is 15.1 Å². The number of carbonyl (C=O) groups excluding carboxylic acids is 1. The lowest BCUT2D eigenvalue weighted by molar-refractivity contribution is 0.0955. The minimum Gasteiger partial charge on any atom is -0.493 e. The highest BCUT2D eigenvalue weighted by Crippen LogP contribution is 2.29. The van der Waals surface area contributed by atoms with Crippen LogP contribution in [0, 0.1) is 0 Å². The molecule has 0 spiro atoms. The minimum absolute atomic E-state index is 0.282. The van der Waals surface area contributed by atoms with Crippen molar-refractivity contribution in [3.63, 3.8) is 0 Å². The van der Waals surface area contributed by atoms with Gasteiger partial charge in [0.15, 0.2) is 11.5 Å². The smallest absolute Gasteiger partial charge is 0.271 e. The summed E-state index contributed by atoms with van der Waals surface area (Å²) >= 11 is 18.0. The van der Waals surface area contributed by atoms with Crippen molar-refractivity contribution in [2.75, 3.05) is 7.11 Å². The lowest BCUT2D eigenvalue weighted by Crippen LogP contribution is -2.17. The molecule has 0 radical (unpaired) electrons. The van der Waals surface area contributed by atoms with Gasteiger partial charge in [-0.05, 0) is 48.0 Å². The molecule has 3 aromatic rings. The van der Waals surface area contributed by atoms with E-state index in [1.807, 2.05) is 18.2 Å². The highest BCUT2D eigenvalue weighted by Gasteiger charge is 2.09. The molecule has 0 bridgehead atoms. The summed E-state index contributed by atoms with van der Waals surface area (Å²) in [6, 6.07) is 17.3. The molecule has 0 atom stereocenters. The van der Waals surface area contributed by atoms with Crippen molar-refractivity contribution < 1.29 is 14.3 Å². The van der Waals surface area contributed by atoms with E-state index in [-0.39, 0.29) is 6.61 Å². The molecule has 0 saturated heterocycles. The lowest BCUT2D eigenvalue weighted by atomic mass is 10.2. The number of hydrazone groups is 1. The summed E-state index contributed by atoms with van der Waals surface area (Å²) in [6.07, 6.45) is 1.50. The van der Waals surface area contributed by atoms with E-state index in [9.17, 15) is 4.79 Å². The average Bonchev–Trinajstić information content (AvgIpc) is 2.75. The molecule has 0 aliphatic carbocycles. The van der Waals surface area contributed by atoms with E-state index in [4.69, 9.17) is 44.3 Å². The van der Waals surface area contributed by atoms with Crippen LogP contribution in [-0.2, 0) is 6.61 Å². The largest absolute Gasteiger partial charge is 0.493 e. The van der Waals surface area contributed by atoms with Gasteiger partial charge in [0.1, 0.15) is 6.61 Å². The van der Waals surface area contributed by atoms with E-state index in [1.54, 1.807) is 43.5 Å². The van der Waals surface area contributed by atoms with Gasteiger partial charge in [0.25, 0.3) is 5.91 Å². The minimum atomic E-state index is -0.409. The number of carbonyl (C=O) groups is 1. The second kappa shape index (κ2) is 10.3. The number of methoxy groups -OCH3 is 1. The van der Waals surface area contributed by atoms with Crippen molar-refractivity contribution in [3.05, 3.63) is 92.4 Å². The van der Waals surface area contributed by atoms with Gasteiger partial charge in [0.2, 0.25) is 0 Å². The first kappa shape index (κ1) is 22.0. The highest BCUT2D eigenvalue weighted by molar-refractivity contribution is 6.42. The van der Waals surface area contributed by atoms with Gasteiger partial charge in [-0.3, -0.25) is 4.79 Å². The van der Waals surface area contributed by atoms with Gasteiger partial charge < -0.3 is 9.47 Å². The maximum absolute atomic E-state index is 12.2. The summed E-state index contributed by atoms with van der Waals surface area (Å²) in [5.74, 6) is 0.685. The Morgan fingerprint density at radius 2 is 1.77 bits per heavy atom. The van der Waals surface area contributed by atoms with Crippen LogP contribution >= 0.6 is 34.8 Å². The zero-order chi connectivity index (χ0) is 21.5. The predicted molar refractivity (Wildman–Crippen MR) is 120 cm³/mol. The quantitative estimate of drug-likeness (QED) is 0.345. The molecule has 0 fully saturated rings. The van der Waals surface area contributed by atoms with E-state index >= 15 is 0 Å². The van der Waals surface area contributed by atoms with Crippen LogP contribution in [0.25, 0.3) is 0 Å². The van der Waals surface area contributed by atoms with Crippen LogP contribution in [0.5, 0.6) is 11.5 Å². The first-order chi connectivity index (χ1) is 14.5. The average molecular weight is 464 g/mol. The molecule has 154 valence electrons. The molecule has 0 aromatic heterocycles. The van der Waals surface area contributed by atoms with Crippen LogP contribution in [0.15, 0.2) is 65.8 Å². The van der Waals surface area contributed by atoms with Gasteiger partial charge in [-0.2, -0.15) is 5.10 Å².